The molecule has 0 saturated carbocycles. The molecule has 7 atom stereocenters. The highest BCUT2D eigenvalue weighted by atomic mass is 31.3. The molecule has 17 nitrogen and oxygen atoms in total. The molecular weight excluding hydrogens is 511 g/mol. The molecule has 3 rings (SSSR count). The Labute approximate surface area is 184 Å². The van der Waals surface area contributed by atoms with Crippen molar-refractivity contribution < 1.29 is 56.3 Å². The number of hydrogen-bond donors (Lipinski definition) is 3. The molecule has 2 aromatic rings. The Morgan fingerprint density at radius 2 is 1.97 bits per heavy atom. The second-order valence-corrected chi connectivity index (χ2v) is 11.2. The molecule has 0 aliphatic carbocycles. The maximum absolute atomic E-state index is 11.8. The number of aliphatic hydroxyl groups is 1. The Morgan fingerprint density at radius 1 is 1.30 bits per heavy atom. The first-order valence-corrected chi connectivity index (χ1v) is 13.1. The highest BCUT2D eigenvalue weighted by Crippen LogP contribution is 2.61. The van der Waals surface area contributed by atoms with Crippen molar-refractivity contribution in [1.29, 1.82) is 5.26 Å². The van der Waals surface area contributed by atoms with Gasteiger partial charge in [-0.2, -0.15) is 10.4 Å². The number of nitrogen functional groups attached to an aromatic ring is 1. The fourth-order valence-corrected chi connectivity index (χ4v) is 6.08. The van der Waals surface area contributed by atoms with Crippen LogP contribution in [-0.2, 0) is 31.6 Å². The number of nitriles is 1. The Bertz CT molecular complexity index is 1240. The van der Waals surface area contributed by atoms with Crippen molar-refractivity contribution in [3.8, 4) is 6.07 Å². The van der Waals surface area contributed by atoms with Crippen molar-refractivity contribution >= 4 is 34.8 Å². The van der Waals surface area contributed by atoms with Crippen molar-refractivity contribution in [2.45, 2.75) is 25.2 Å². The van der Waals surface area contributed by atoms with Crippen molar-refractivity contribution in [2.24, 2.45) is 5.41 Å². The van der Waals surface area contributed by atoms with Crippen LogP contribution >= 0.6 is 23.5 Å². The van der Waals surface area contributed by atoms with E-state index in [1.807, 2.05) is 6.07 Å². The van der Waals surface area contributed by atoms with Gasteiger partial charge in [-0.05, 0) is 19.1 Å². The number of aliphatic hydroxyl groups excluding tert-OH is 1. The van der Waals surface area contributed by atoms with Gasteiger partial charge in [0.2, 0.25) is 0 Å². The number of fused-ring (bicyclic) bond motifs is 1. The van der Waals surface area contributed by atoms with Crippen LogP contribution in [0.4, 0.5) is 5.82 Å². The summed E-state index contributed by atoms with van der Waals surface area (Å²) < 4.78 is 51.5. The van der Waals surface area contributed by atoms with Crippen molar-refractivity contribution in [3.63, 3.8) is 0 Å². The second-order valence-electron chi connectivity index (χ2n) is 6.92. The summed E-state index contributed by atoms with van der Waals surface area (Å²) >= 11 is 0. The summed E-state index contributed by atoms with van der Waals surface area (Å²) in [4.78, 5) is 45.7. The van der Waals surface area contributed by atoms with E-state index in [1.54, 1.807) is 0 Å². The molecule has 0 bridgehead atoms. The quantitative estimate of drug-likeness (QED) is 0.316. The molecule has 20 heteroatoms. The number of ether oxygens (including phenoxy) is 1. The molecule has 1 saturated heterocycles. The van der Waals surface area contributed by atoms with E-state index < -0.39 is 53.8 Å². The minimum atomic E-state index is -6.09. The number of nitrogens with two attached hydrogens (primary N) is 1. The normalized spacial score (nSPS) is 30.9. The first-order chi connectivity index (χ1) is 15.1. The van der Waals surface area contributed by atoms with E-state index in [4.69, 9.17) is 15.4 Å². The lowest BCUT2D eigenvalue weighted by Gasteiger charge is -2.33. The van der Waals surface area contributed by atoms with E-state index in [0.29, 0.717) is 5.52 Å². The molecule has 4 N–H and O–H groups in total. The Morgan fingerprint density at radius 3 is 2.58 bits per heavy atom. The van der Waals surface area contributed by atoms with Crippen LogP contribution in [0.3, 0.4) is 0 Å². The predicted octanol–water partition coefficient (Wildman–Crippen LogP) is -1.91. The molecule has 1 aliphatic rings. The highest BCUT2D eigenvalue weighted by Gasteiger charge is 2.55. The summed E-state index contributed by atoms with van der Waals surface area (Å²) in [5.41, 5.74) is 4.75. The van der Waals surface area contributed by atoms with Gasteiger partial charge in [0.15, 0.2) is 5.82 Å². The predicted molar refractivity (Wildman–Crippen MR) is 97.9 cm³/mol. The number of aromatic nitrogens is 3. The van der Waals surface area contributed by atoms with Crippen LogP contribution in [0, 0.1) is 16.7 Å². The van der Waals surface area contributed by atoms with Gasteiger partial charge >= 0.3 is 0 Å². The number of anilines is 1. The zero-order chi connectivity index (χ0) is 24.8. The van der Waals surface area contributed by atoms with Gasteiger partial charge in [0, 0.05) is 0 Å². The SMILES string of the molecule is C[C@@]1(C#N)[C@H](O)[C@@H](COP(=O)([O-])OP(=O)([O-])OP(=O)([O-])O)O[C@H]1c1ccc2c(N)ncnn12. The van der Waals surface area contributed by atoms with Crippen LogP contribution in [0.5, 0.6) is 0 Å². The van der Waals surface area contributed by atoms with E-state index >= 15 is 0 Å². The van der Waals surface area contributed by atoms with Gasteiger partial charge < -0.3 is 39.7 Å². The first-order valence-electron chi connectivity index (χ1n) is 8.64. The Balaban J connectivity index is 1.79. The summed E-state index contributed by atoms with van der Waals surface area (Å²) in [5.74, 6) is 0.118. The van der Waals surface area contributed by atoms with E-state index in [2.05, 4.69) is 23.2 Å². The maximum Gasteiger partial charge on any atom is 0.280 e. The summed E-state index contributed by atoms with van der Waals surface area (Å²) in [6.07, 6.45) is -3.18. The van der Waals surface area contributed by atoms with Crippen molar-refractivity contribution in [1.82, 2.24) is 14.6 Å². The summed E-state index contributed by atoms with van der Waals surface area (Å²) in [7, 11) is -17.8. The zero-order valence-electron chi connectivity index (χ0n) is 16.4. The summed E-state index contributed by atoms with van der Waals surface area (Å²) in [6.45, 7) is 0.288. The third kappa shape index (κ3) is 5.50. The molecule has 2 aromatic heterocycles. The minimum absolute atomic E-state index is 0.118. The van der Waals surface area contributed by atoms with Crippen LogP contribution in [0.15, 0.2) is 18.5 Å². The number of phosphoric acid groups is 3. The maximum atomic E-state index is 11.8. The Kier molecular flexibility index (Phi) is 6.89. The van der Waals surface area contributed by atoms with Crippen LogP contribution in [0.2, 0.25) is 0 Å². The molecule has 3 unspecified atom stereocenters. The minimum Gasteiger partial charge on any atom is -0.756 e. The average molecular weight is 526 g/mol. The number of hydrogen-bond acceptors (Lipinski definition) is 15. The third-order valence-corrected chi connectivity index (χ3v) is 8.33. The fraction of sp³-hybridized carbons (Fsp3) is 0.462. The van der Waals surface area contributed by atoms with E-state index in [0.717, 1.165) is 6.33 Å². The van der Waals surface area contributed by atoms with Crippen LogP contribution in [0.1, 0.15) is 18.7 Å². The van der Waals surface area contributed by atoms with Crippen molar-refractivity contribution in [2.75, 3.05) is 12.3 Å². The molecule has 0 amide bonds. The second kappa shape index (κ2) is 8.79. The standard InChI is InChI=1S/C13H18N5O12P3/c1-13(5-14)10(19)9(4-27-32(23,24)30-33(25,26)29-31(20,21)22)28-11(13)7-2-3-8-12(15)16-6-17-18(7)8/h2-3,6,9-11,19H,4H2,1H3,(H,23,24)(H,25,26)(H2,15,16,17)(H2,20,21,22)/p-3/t9-,10-,11+,13-/m1/s1. The largest absolute Gasteiger partial charge is 0.756 e. The molecule has 0 aromatic carbocycles. The topological polar surface area (TPSA) is 278 Å². The van der Waals surface area contributed by atoms with Gasteiger partial charge in [0.05, 0.1) is 18.4 Å². The molecule has 3 heterocycles. The van der Waals surface area contributed by atoms with E-state index in [-0.39, 0.29) is 11.5 Å². The molecule has 0 spiro atoms. The van der Waals surface area contributed by atoms with Gasteiger partial charge in [0.25, 0.3) is 23.5 Å². The average Bonchev–Trinajstić information content (AvgIpc) is 3.18. The van der Waals surface area contributed by atoms with Crippen LogP contribution in [0.25, 0.3) is 5.52 Å². The van der Waals surface area contributed by atoms with Gasteiger partial charge in [-0.15, -0.1) is 0 Å². The number of phosphoric ester groups is 1. The molecule has 1 fully saturated rings. The molecule has 0 radical (unpaired) electrons. The lowest BCUT2D eigenvalue weighted by Crippen LogP contribution is -2.37. The smallest absolute Gasteiger partial charge is 0.280 e. The fourth-order valence-electron chi connectivity index (χ4n) is 3.19. The molecule has 33 heavy (non-hydrogen) atoms. The van der Waals surface area contributed by atoms with E-state index in [9.17, 15) is 38.7 Å². The van der Waals surface area contributed by atoms with Crippen LogP contribution < -0.4 is 20.4 Å². The van der Waals surface area contributed by atoms with Crippen molar-refractivity contribution in [3.05, 3.63) is 24.2 Å². The number of rotatable bonds is 8. The van der Waals surface area contributed by atoms with Gasteiger partial charge in [-0.3, -0.25) is 13.7 Å². The monoisotopic (exact) mass is 526 g/mol. The molecule has 1 aliphatic heterocycles. The van der Waals surface area contributed by atoms with E-state index in [1.165, 1.54) is 23.6 Å². The third-order valence-electron chi connectivity index (χ3n) is 4.64. The van der Waals surface area contributed by atoms with Crippen LogP contribution in [-0.4, -0.2) is 43.4 Å². The number of nitrogens with zero attached hydrogens (tertiary/aromatic N) is 4. The zero-order valence-corrected chi connectivity index (χ0v) is 19.0. The lowest BCUT2D eigenvalue weighted by molar-refractivity contribution is -0.250. The molecule has 182 valence electrons. The van der Waals surface area contributed by atoms with Gasteiger partial charge in [-0.25, -0.2) is 18.1 Å². The summed E-state index contributed by atoms with van der Waals surface area (Å²) in [6, 6.07) is 4.92. The summed E-state index contributed by atoms with van der Waals surface area (Å²) in [5, 5.41) is 24.3. The highest BCUT2D eigenvalue weighted by molar-refractivity contribution is 7.65. The lowest BCUT2D eigenvalue weighted by atomic mass is 9.79. The Hall–Kier alpha value is -1.76. The van der Waals surface area contributed by atoms with Gasteiger partial charge in [0.1, 0.15) is 35.6 Å². The van der Waals surface area contributed by atoms with Gasteiger partial charge in [-0.1, -0.05) is 0 Å². The first kappa shape index (κ1) is 25.9. The molecular formula is C13H15N5O12P3-3.